The van der Waals surface area contributed by atoms with Crippen LogP contribution in [0.15, 0.2) is 24.3 Å². The van der Waals surface area contributed by atoms with Crippen molar-refractivity contribution in [3.63, 3.8) is 0 Å². The number of hydrogen-bond acceptors (Lipinski definition) is 4. The van der Waals surface area contributed by atoms with Gasteiger partial charge in [0, 0.05) is 13.0 Å². The summed E-state index contributed by atoms with van der Waals surface area (Å²) in [6.45, 7) is 0.418. The Morgan fingerprint density at radius 1 is 1.09 bits per heavy atom. The lowest BCUT2D eigenvalue weighted by atomic mass is 9.95. The number of fused-ring (bicyclic) bond motifs is 2. The summed E-state index contributed by atoms with van der Waals surface area (Å²) in [6.07, 6.45) is 0.865. The Morgan fingerprint density at radius 2 is 1.82 bits per heavy atom. The molecule has 0 spiro atoms. The Balaban J connectivity index is 1.65. The highest BCUT2D eigenvalue weighted by molar-refractivity contribution is 7.91. The molecule has 1 aromatic carbocycles. The van der Waals surface area contributed by atoms with Gasteiger partial charge in [0.2, 0.25) is 0 Å². The highest BCUT2D eigenvalue weighted by Gasteiger charge is 2.51. The number of rotatable bonds is 1. The van der Waals surface area contributed by atoms with Crippen LogP contribution < -0.4 is 0 Å². The molecule has 3 heterocycles. The van der Waals surface area contributed by atoms with Crippen molar-refractivity contribution in [2.24, 2.45) is 0 Å². The van der Waals surface area contributed by atoms with Crippen LogP contribution in [0, 0.1) is 0 Å². The summed E-state index contributed by atoms with van der Waals surface area (Å²) in [5.41, 5.74) is 2.14. The molecular formula is C15H16N2O4S. The van der Waals surface area contributed by atoms with Crippen LogP contribution in [0.25, 0.3) is 0 Å². The zero-order valence-corrected chi connectivity index (χ0v) is 12.8. The van der Waals surface area contributed by atoms with Crippen molar-refractivity contribution >= 4 is 21.8 Å². The van der Waals surface area contributed by atoms with E-state index in [1.807, 2.05) is 24.3 Å². The van der Waals surface area contributed by atoms with Crippen LogP contribution in [-0.4, -0.2) is 53.7 Å². The molecule has 0 unspecified atom stereocenters. The molecule has 4 rings (SSSR count). The van der Waals surface area contributed by atoms with Gasteiger partial charge in [-0.2, -0.15) is 0 Å². The molecule has 0 saturated carbocycles. The number of sulfone groups is 1. The fourth-order valence-electron chi connectivity index (χ4n) is 3.65. The molecule has 0 aromatic heterocycles. The second kappa shape index (κ2) is 4.55. The quantitative estimate of drug-likeness (QED) is 0.709. The van der Waals surface area contributed by atoms with Crippen LogP contribution in [0.4, 0.5) is 4.79 Å². The van der Waals surface area contributed by atoms with E-state index in [9.17, 15) is 18.0 Å². The van der Waals surface area contributed by atoms with Gasteiger partial charge in [0.15, 0.2) is 9.84 Å². The van der Waals surface area contributed by atoms with Gasteiger partial charge in [-0.25, -0.2) is 13.2 Å². The number of imide groups is 1. The molecule has 116 valence electrons. The van der Waals surface area contributed by atoms with E-state index in [4.69, 9.17) is 0 Å². The Kier molecular flexibility index (Phi) is 2.84. The molecule has 7 heteroatoms. The van der Waals surface area contributed by atoms with E-state index >= 15 is 0 Å². The molecule has 0 aliphatic carbocycles. The highest BCUT2D eigenvalue weighted by atomic mass is 32.2. The lowest BCUT2D eigenvalue weighted by molar-refractivity contribution is -0.129. The van der Waals surface area contributed by atoms with E-state index in [-0.39, 0.29) is 23.4 Å². The Hall–Kier alpha value is -1.89. The predicted molar refractivity (Wildman–Crippen MR) is 78.8 cm³/mol. The molecule has 1 aromatic rings. The molecule has 3 amide bonds. The van der Waals surface area contributed by atoms with E-state index in [0.717, 1.165) is 11.1 Å². The minimum absolute atomic E-state index is 0.0552. The second-order valence-corrected chi connectivity index (χ2v) is 8.39. The maximum absolute atomic E-state index is 12.6. The van der Waals surface area contributed by atoms with Crippen molar-refractivity contribution in [2.75, 3.05) is 11.5 Å². The summed E-state index contributed by atoms with van der Waals surface area (Å²) in [6, 6.07) is 6.47. The Morgan fingerprint density at radius 3 is 2.50 bits per heavy atom. The van der Waals surface area contributed by atoms with E-state index in [2.05, 4.69) is 0 Å². The van der Waals surface area contributed by atoms with Gasteiger partial charge in [0.25, 0.3) is 5.91 Å². The summed E-state index contributed by atoms with van der Waals surface area (Å²) < 4.78 is 23.3. The number of nitrogens with zero attached hydrogens (tertiary/aromatic N) is 2. The number of hydrogen-bond donors (Lipinski definition) is 0. The number of carbonyl (C=O) groups excluding carboxylic acids is 2. The topological polar surface area (TPSA) is 74.8 Å². The predicted octanol–water partition coefficient (Wildman–Crippen LogP) is 0.563. The summed E-state index contributed by atoms with van der Waals surface area (Å²) in [5, 5.41) is 0. The highest BCUT2D eigenvalue weighted by Crippen LogP contribution is 2.33. The van der Waals surface area contributed by atoms with E-state index in [0.29, 0.717) is 19.4 Å². The van der Waals surface area contributed by atoms with Crippen molar-refractivity contribution in [2.45, 2.75) is 31.5 Å². The van der Waals surface area contributed by atoms with Gasteiger partial charge in [-0.1, -0.05) is 24.3 Å². The van der Waals surface area contributed by atoms with Crippen LogP contribution in [0.2, 0.25) is 0 Å². The average Bonchev–Trinajstić information content (AvgIpc) is 2.95. The van der Waals surface area contributed by atoms with Gasteiger partial charge in [0.05, 0.1) is 17.5 Å². The van der Waals surface area contributed by atoms with Gasteiger partial charge in [-0.05, 0) is 17.5 Å². The van der Waals surface area contributed by atoms with E-state index in [1.54, 1.807) is 4.90 Å². The number of urea groups is 1. The standard InChI is InChI=1S/C15H16N2O4S/c18-14-13-7-10-3-1-2-4-11(10)8-16(13)15(19)17(14)12-5-6-22(20,21)9-12/h1-4,12-13H,5-9H2/t12-,13-/m1/s1. The molecule has 2 saturated heterocycles. The zero-order valence-electron chi connectivity index (χ0n) is 11.9. The van der Waals surface area contributed by atoms with Crippen molar-refractivity contribution in [1.82, 2.24) is 9.80 Å². The summed E-state index contributed by atoms with van der Waals surface area (Å²) in [5.74, 6) is -0.293. The number of carbonyl (C=O) groups is 2. The zero-order chi connectivity index (χ0) is 15.5. The van der Waals surface area contributed by atoms with Gasteiger partial charge >= 0.3 is 6.03 Å². The average molecular weight is 320 g/mol. The molecule has 22 heavy (non-hydrogen) atoms. The third kappa shape index (κ3) is 1.95. The van der Waals surface area contributed by atoms with Crippen molar-refractivity contribution in [1.29, 1.82) is 0 Å². The Bertz CT molecular complexity index is 731. The number of benzene rings is 1. The smallest absolute Gasteiger partial charge is 0.308 e. The van der Waals surface area contributed by atoms with Gasteiger partial charge in [0.1, 0.15) is 6.04 Å². The first kappa shape index (κ1) is 13.8. The molecule has 3 aliphatic rings. The molecular weight excluding hydrogens is 304 g/mol. The second-order valence-electron chi connectivity index (χ2n) is 6.16. The van der Waals surface area contributed by atoms with Gasteiger partial charge in [-0.15, -0.1) is 0 Å². The summed E-state index contributed by atoms with van der Waals surface area (Å²) in [4.78, 5) is 28.0. The lowest BCUT2D eigenvalue weighted by Gasteiger charge is -2.28. The minimum atomic E-state index is -3.13. The molecule has 0 N–H and O–H groups in total. The monoisotopic (exact) mass is 320 g/mol. The molecule has 3 aliphatic heterocycles. The van der Waals surface area contributed by atoms with Gasteiger partial charge in [-0.3, -0.25) is 9.69 Å². The molecule has 6 nitrogen and oxygen atoms in total. The van der Waals surface area contributed by atoms with Crippen molar-refractivity contribution < 1.29 is 18.0 Å². The van der Waals surface area contributed by atoms with Crippen LogP contribution in [0.1, 0.15) is 17.5 Å². The first-order valence-corrected chi connectivity index (χ1v) is 9.19. The van der Waals surface area contributed by atoms with Crippen molar-refractivity contribution in [3.05, 3.63) is 35.4 Å². The summed E-state index contributed by atoms with van der Waals surface area (Å²) >= 11 is 0. The molecule has 0 bridgehead atoms. The van der Waals surface area contributed by atoms with Crippen LogP contribution in [0.5, 0.6) is 0 Å². The van der Waals surface area contributed by atoms with Crippen LogP contribution in [-0.2, 0) is 27.6 Å². The SMILES string of the molecule is O=C1[C@H]2Cc3ccccc3CN2C(=O)N1[C@@H]1CCS(=O)(=O)C1. The minimum Gasteiger partial charge on any atom is -0.308 e. The molecule has 2 atom stereocenters. The maximum Gasteiger partial charge on any atom is 0.328 e. The van der Waals surface area contributed by atoms with Crippen molar-refractivity contribution in [3.8, 4) is 0 Å². The number of amides is 3. The van der Waals surface area contributed by atoms with E-state index in [1.165, 1.54) is 4.90 Å². The fraction of sp³-hybridized carbons (Fsp3) is 0.467. The summed E-state index contributed by atoms with van der Waals surface area (Å²) in [7, 11) is -3.13. The van der Waals surface area contributed by atoms with Gasteiger partial charge < -0.3 is 4.90 Å². The Labute approximate surface area is 128 Å². The third-order valence-corrected chi connectivity index (χ3v) is 6.55. The first-order chi connectivity index (χ1) is 10.5. The lowest BCUT2D eigenvalue weighted by Crippen LogP contribution is -2.41. The molecule has 0 radical (unpaired) electrons. The third-order valence-electron chi connectivity index (χ3n) is 4.80. The van der Waals surface area contributed by atoms with Crippen LogP contribution in [0.3, 0.4) is 0 Å². The fourth-order valence-corrected chi connectivity index (χ4v) is 5.35. The van der Waals surface area contributed by atoms with Crippen LogP contribution >= 0.6 is 0 Å². The largest absolute Gasteiger partial charge is 0.328 e. The van der Waals surface area contributed by atoms with E-state index < -0.39 is 21.9 Å². The maximum atomic E-state index is 12.6. The first-order valence-electron chi connectivity index (χ1n) is 7.37. The normalized spacial score (nSPS) is 29.6. The molecule has 2 fully saturated rings.